The lowest BCUT2D eigenvalue weighted by molar-refractivity contribution is -0.681. The molecule has 0 fully saturated rings. The minimum Gasteiger partial charge on any atom is -0.300 e. The number of nitro groups is 2. The average Bonchev–Trinajstić information content (AvgIpc) is 2.31. The topological polar surface area (TPSA) is 120 Å². The predicted octanol–water partition coefficient (Wildman–Crippen LogP) is 1.80. The van der Waals surface area contributed by atoms with Crippen molar-refractivity contribution < 1.29 is 19.4 Å². The Hall–Kier alpha value is -1.86. The summed E-state index contributed by atoms with van der Waals surface area (Å²) in [4.78, 5) is 43.3. The second-order valence-corrected chi connectivity index (χ2v) is 5.47. The van der Waals surface area contributed by atoms with Crippen LogP contribution in [0.3, 0.4) is 0 Å². The summed E-state index contributed by atoms with van der Waals surface area (Å²) in [6.45, 7) is 4.89. The molecule has 20 heavy (non-hydrogen) atoms. The van der Waals surface area contributed by atoms with E-state index < -0.39 is 20.9 Å². The third-order valence-electron chi connectivity index (χ3n) is 3.89. The van der Waals surface area contributed by atoms with Gasteiger partial charge < -0.3 is 9.59 Å². The van der Waals surface area contributed by atoms with Crippen LogP contribution in [-0.4, -0.2) is 32.5 Å². The van der Waals surface area contributed by atoms with Gasteiger partial charge in [-0.3, -0.25) is 20.2 Å². The van der Waals surface area contributed by atoms with E-state index in [4.69, 9.17) is 0 Å². The summed E-state index contributed by atoms with van der Waals surface area (Å²) >= 11 is 0. The summed E-state index contributed by atoms with van der Waals surface area (Å²) in [5.41, 5.74) is -3.81. The third kappa shape index (κ3) is 3.82. The molecule has 8 nitrogen and oxygen atoms in total. The van der Waals surface area contributed by atoms with E-state index in [9.17, 15) is 29.8 Å². The molecule has 0 aromatic rings. The minimum absolute atomic E-state index is 0.110. The van der Waals surface area contributed by atoms with Crippen molar-refractivity contribution in [2.75, 3.05) is 0 Å². The molecule has 0 radical (unpaired) electrons. The number of Topliss-reactive ketones (excluding diaryl/α,β-unsaturated/α-hetero) is 2. The fourth-order valence-corrected chi connectivity index (χ4v) is 1.95. The van der Waals surface area contributed by atoms with Crippen molar-refractivity contribution in [2.45, 2.75) is 64.5 Å². The van der Waals surface area contributed by atoms with Gasteiger partial charge in [-0.2, -0.15) is 0 Å². The Labute approximate surface area is 116 Å². The standard InChI is InChI=1S/C12H20N2O6/c1-9(15)5-7-11(3,13(17)18)12(4,14(19)20)8-6-10(2)16/h5-8H2,1-4H3/t11-,12-/m1/s1. The summed E-state index contributed by atoms with van der Waals surface area (Å²) in [7, 11) is 0. The average molecular weight is 288 g/mol. The van der Waals surface area contributed by atoms with Gasteiger partial charge in [0.25, 0.3) is 11.1 Å². The van der Waals surface area contributed by atoms with E-state index in [-0.39, 0.29) is 37.2 Å². The van der Waals surface area contributed by atoms with E-state index in [2.05, 4.69) is 0 Å². The molecule has 0 bridgehead atoms. The van der Waals surface area contributed by atoms with Crippen LogP contribution < -0.4 is 0 Å². The molecule has 0 rings (SSSR count). The van der Waals surface area contributed by atoms with Gasteiger partial charge in [0.2, 0.25) is 0 Å². The van der Waals surface area contributed by atoms with Crippen LogP contribution >= 0.6 is 0 Å². The lowest BCUT2D eigenvalue weighted by atomic mass is 9.73. The van der Waals surface area contributed by atoms with Crippen molar-refractivity contribution in [3.63, 3.8) is 0 Å². The van der Waals surface area contributed by atoms with Gasteiger partial charge >= 0.3 is 0 Å². The predicted molar refractivity (Wildman–Crippen MR) is 70.6 cm³/mol. The maximum atomic E-state index is 11.3. The Bertz CT molecular complexity index is 396. The van der Waals surface area contributed by atoms with E-state index >= 15 is 0 Å². The molecule has 8 heteroatoms. The lowest BCUT2D eigenvalue weighted by Gasteiger charge is -2.32. The second-order valence-electron chi connectivity index (χ2n) is 5.47. The van der Waals surface area contributed by atoms with Crippen molar-refractivity contribution in [1.29, 1.82) is 0 Å². The first-order valence-corrected chi connectivity index (χ1v) is 6.25. The largest absolute Gasteiger partial charge is 0.300 e. The zero-order chi connectivity index (χ0) is 16.1. The van der Waals surface area contributed by atoms with Crippen molar-refractivity contribution in [2.24, 2.45) is 0 Å². The van der Waals surface area contributed by atoms with Gasteiger partial charge in [-0.25, -0.2) is 0 Å². The summed E-state index contributed by atoms with van der Waals surface area (Å²) in [5, 5.41) is 22.7. The molecule has 0 saturated carbocycles. The highest BCUT2D eigenvalue weighted by Gasteiger charge is 2.63. The molecule has 0 heterocycles. The summed E-state index contributed by atoms with van der Waals surface area (Å²) in [6, 6.07) is 0. The fourth-order valence-electron chi connectivity index (χ4n) is 1.95. The Morgan fingerprint density at radius 2 is 1.10 bits per heavy atom. The smallest absolute Gasteiger partial charge is 0.287 e. The maximum Gasteiger partial charge on any atom is 0.287 e. The zero-order valence-corrected chi connectivity index (χ0v) is 12.2. The molecular weight excluding hydrogens is 268 g/mol. The minimum atomic E-state index is -1.91. The fraction of sp³-hybridized carbons (Fsp3) is 0.833. The first-order valence-electron chi connectivity index (χ1n) is 6.25. The molecule has 0 aliphatic heterocycles. The first-order chi connectivity index (χ1) is 8.97. The van der Waals surface area contributed by atoms with Gasteiger partial charge in [0.05, 0.1) is 0 Å². The molecule has 0 aliphatic carbocycles. The molecule has 2 atom stereocenters. The number of hydrogen-bond donors (Lipinski definition) is 0. The number of ketones is 2. The van der Waals surface area contributed by atoms with Crippen molar-refractivity contribution in [3.05, 3.63) is 20.2 Å². The summed E-state index contributed by atoms with van der Waals surface area (Å²) in [5.74, 6) is -0.536. The summed E-state index contributed by atoms with van der Waals surface area (Å²) < 4.78 is 0. The van der Waals surface area contributed by atoms with Crippen LogP contribution in [0.4, 0.5) is 0 Å². The van der Waals surface area contributed by atoms with Crippen LogP contribution in [0.25, 0.3) is 0 Å². The number of hydrogen-bond acceptors (Lipinski definition) is 6. The van der Waals surface area contributed by atoms with Crippen LogP contribution in [0.1, 0.15) is 53.4 Å². The maximum absolute atomic E-state index is 11.3. The Morgan fingerprint density at radius 3 is 1.25 bits per heavy atom. The van der Waals surface area contributed by atoms with Gasteiger partial charge in [-0.15, -0.1) is 0 Å². The van der Waals surface area contributed by atoms with Crippen LogP contribution in [0.15, 0.2) is 0 Å². The van der Waals surface area contributed by atoms with E-state index in [0.29, 0.717) is 0 Å². The van der Waals surface area contributed by atoms with E-state index in [1.165, 1.54) is 27.7 Å². The second kappa shape index (κ2) is 6.53. The highest BCUT2D eigenvalue weighted by Crippen LogP contribution is 2.36. The normalized spacial score (nSPS) is 16.8. The van der Waals surface area contributed by atoms with E-state index in [1.807, 2.05) is 0 Å². The molecule has 0 N–H and O–H groups in total. The third-order valence-corrected chi connectivity index (χ3v) is 3.89. The van der Waals surface area contributed by atoms with Gasteiger partial charge in [0.15, 0.2) is 0 Å². The van der Waals surface area contributed by atoms with Crippen LogP contribution in [0, 0.1) is 20.2 Å². The molecule has 0 aromatic heterocycles. The SMILES string of the molecule is CC(=O)CC[C@@](C)([N+](=O)[O-])[C@@](C)(CCC(C)=O)[N+](=O)[O-]. The number of rotatable bonds is 9. The highest BCUT2D eigenvalue weighted by molar-refractivity contribution is 5.76. The molecule has 0 amide bonds. The Balaban J connectivity index is 5.53. The van der Waals surface area contributed by atoms with Crippen LogP contribution in [0.2, 0.25) is 0 Å². The van der Waals surface area contributed by atoms with E-state index in [1.54, 1.807) is 0 Å². The summed E-state index contributed by atoms with van der Waals surface area (Å²) in [6.07, 6.45) is -0.683. The number of nitrogens with zero attached hydrogens (tertiary/aromatic N) is 2. The van der Waals surface area contributed by atoms with Gasteiger partial charge in [-0.05, 0) is 13.8 Å². The Morgan fingerprint density at radius 1 is 0.850 bits per heavy atom. The molecule has 0 aromatic carbocycles. The zero-order valence-electron chi connectivity index (χ0n) is 12.2. The van der Waals surface area contributed by atoms with Crippen molar-refractivity contribution >= 4 is 11.6 Å². The molecule has 0 spiro atoms. The number of carbonyl (C=O) groups excluding carboxylic acids is 2. The van der Waals surface area contributed by atoms with Crippen molar-refractivity contribution in [3.8, 4) is 0 Å². The van der Waals surface area contributed by atoms with Crippen LogP contribution in [0.5, 0.6) is 0 Å². The van der Waals surface area contributed by atoms with Gasteiger partial charge in [0, 0.05) is 49.4 Å². The molecule has 0 unspecified atom stereocenters. The Kier molecular flexibility index (Phi) is 5.93. The quantitative estimate of drug-likeness (QED) is 0.471. The van der Waals surface area contributed by atoms with E-state index in [0.717, 1.165) is 0 Å². The highest BCUT2D eigenvalue weighted by atomic mass is 16.6. The monoisotopic (exact) mass is 288 g/mol. The van der Waals surface area contributed by atoms with Gasteiger partial charge in [-0.1, -0.05) is 0 Å². The molecule has 0 saturated heterocycles. The van der Waals surface area contributed by atoms with Crippen molar-refractivity contribution in [1.82, 2.24) is 0 Å². The van der Waals surface area contributed by atoms with Crippen LogP contribution in [-0.2, 0) is 9.59 Å². The molecular formula is C12H20N2O6. The molecule has 0 aliphatic rings. The molecule has 114 valence electrons. The van der Waals surface area contributed by atoms with Gasteiger partial charge in [0.1, 0.15) is 11.6 Å². The lowest BCUT2D eigenvalue weighted by Crippen LogP contribution is -2.60. The first kappa shape index (κ1) is 18.1. The number of carbonyl (C=O) groups is 2.